The fraction of sp³-hybridized carbons (Fsp3) is 0.588. The maximum Gasteiger partial charge on any atom is 0.234 e. The van der Waals surface area contributed by atoms with Crippen molar-refractivity contribution in [2.24, 2.45) is 0 Å². The molecule has 126 valence electrons. The molecule has 1 amide bonds. The Morgan fingerprint density at radius 3 is 3.00 bits per heavy atom. The summed E-state index contributed by atoms with van der Waals surface area (Å²) in [5, 5.41) is 6.25. The van der Waals surface area contributed by atoms with Gasteiger partial charge in [-0.25, -0.2) is 0 Å². The standard InChI is InChI=1S/C17H25N3O3/c1-18-13-5-4-8-20(10-13)11-17(21)19-9-14-12-22-15-6-2-3-7-16(15)23-14/h2-3,6-7,13-14,18H,4-5,8-12H2,1H3,(H,19,21). The van der Waals surface area contributed by atoms with Crippen molar-refractivity contribution < 1.29 is 14.3 Å². The molecule has 2 N–H and O–H groups in total. The second-order valence-corrected chi connectivity index (χ2v) is 6.16. The van der Waals surface area contributed by atoms with E-state index in [4.69, 9.17) is 9.47 Å². The van der Waals surface area contributed by atoms with Crippen LogP contribution in [-0.4, -0.2) is 62.8 Å². The van der Waals surface area contributed by atoms with Gasteiger partial charge in [0, 0.05) is 12.6 Å². The fourth-order valence-electron chi connectivity index (χ4n) is 3.09. The quantitative estimate of drug-likeness (QED) is 0.833. The Morgan fingerprint density at radius 1 is 1.35 bits per heavy atom. The van der Waals surface area contributed by atoms with Crippen molar-refractivity contribution in [1.82, 2.24) is 15.5 Å². The Morgan fingerprint density at radius 2 is 2.17 bits per heavy atom. The lowest BCUT2D eigenvalue weighted by atomic mass is 10.1. The highest BCUT2D eigenvalue weighted by molar-refractivity contribution is 5.78. The van der Waals surface area contributed by atoms with Gasteiger partial charge in [0.15, 0.2) is 11.5 Å². The molecule has 2 unspecified atom stereocenters. The number of carbonyl (C=O) groups excluding carboxylic acids is 1. The van der Waals surface area contributed by atoms with Gasteiger partial charge in [-0.1, -0.05) is 12.1 Å². The Labute approximate surface area is 137 Å². The number of carbonyl (C=O) groups is 1. The van der Waals surface area contributed by atoms with Gasteiger partial charge in [-0.05, 0) is 38.6 Å². The smallest absolute Gasteiger partial charge is 0.234 e. The molecule has 3 rings (SSSR count). The van der Waals surface area contributed by atoms with E-state index in [0.29, 0.717) is 25.7 Å². The average Bonchev–Trinajstić information content (AvgIpc) is 2.60. The molecular weight excluding hydrogens is 294 g/mol. The van der Waals surface area contributed by atoms with Gasteiger partial charge >= 0.3 is 0 Å². The lowest BCUT2D eigenvalue weighted by Gasteiger charge is -2.32. The van der Waals surface area contributed by atoms with Crippen LogP contribution in [0.3, 0.4) is 0 Å². The number of para-hydroxylation sites is 2. The molecule has 0 saturated carbocycles. The van der Waals surface area contributed by atoms with Crippen LogP contribution in [0.5, 0.6) is 11.5 Å². The second-order valence-electron chi connectivity index (χ2n) is 6.16. The average molecular weight is 319 g/mol. The van der Waals surface area contributed by atoms with Crippen LogP contribution in [0.25, 0.3) is 0 Å². The second kappa shape index (κ2) is 7.66. The van der Waals surface area contributed by atoms with Gasteiger partial charge in [-0.3, -0.25) is 9.69 Å². The lowest BCUT2D eigenvalue weighted by Crippen LogP contribution is -2.49. The van der Waals surface area contributed by atoms with Crippen LogP contribution in [0.2, 0.25) is 0 Å². The zero-order chi connectivity index (χ0) is 16.1. The van der Waals surface area contributed by atoms with Crippen molar-refractivity contribution in [2.45, 2.75) is 25.0 Å². The van der Waals surface area contributed by atoms with Crippen molar-refractivity contribution in [3.05, 3.63) is 24.3 Å². The van der Waals surface area contributed by atoms with Crippen molar-refractivity contribution in [1.29, 1.82) is 0 Å². The SMILES string of the molecule is CNC1CCCN(CC(=O)NCC2COc3ccccc3O2)C1. The van der Waals surface area contributed by atoms with E-state index >= 15 is 0 Å². The van der Waals surface area contributed by atoms with Gasteiger partial charge in [0.05, 0.1) is 13.1 Å². The third kappa shape index (κ3) is 4.36. The van der Waals surface area contributed by atoms with E-state index < -0.39 is 0 Å². The van der Waals surface area contributed by atoms with Crippen LogP contribution in [-0.2, 0) is 4.79 Å². The highest BCUT2D eigenvalue weighted by atomic mass is 16.6. The molecule has 23 heavy (non-hydrogen) atoms. The van der Waals surface area contributed by atoms with E-state index in [-0.39, 0.29) is 12.0 Å². The zero-order valence-electron chi connectivity index (χ0n) is 13.6. The lowest BCUT2D eigenvalue weighted by molar-refractivity contribution is -0.123. The van der Waals surface area contributed by atoms with Crippen molar-refractivity contribution >= 4 is 5.91 Å². The monoisotopic (exact) mass is 319 g/mol. The summed E-state index contributed by atoms with van der Waals surface area (Å²) in [4.78, 5) is 14.3. The molecule has 1 aromatic rings. The molecule has 1 fully saturated rings. The van der Waals surface area contributed by atoms with Crippen LogP contribution in [0.4, 0.5) is 0 Å². The van der Waals surface area contributed by atoms with E-state index in [1.54, 1.807) is 0 Å². The topological polar surface area (TPSA) is 62.8 Å². The van der Waals surface area contributed by atoms with Crippen LogP contribution in [0.1, 0.15) is 12.8 Å². The Hall–Kier alpha value is -1.79. The van der Waals surface area contributed by atoms with Gasteiger partial charge < -0.3 is 20.1 Å². The summed E-state index contributed by atoms with van der Waals surface area (Å²) in [5.41, 5.74) is 0. The van der Waals surface area contributed by atoms with Crippen molar-refractivity contribution in [3.63, 3.8) is 0 Å². The molecule has 0 radical (unpaired) electrons. The molecule has 2 aliphatic rings. The first-order chi connectivity index (χ1) is 11.2. The van der Waals surface area contributed by atoms with E-state index in [9.17, 15) is 4.79 Å². The van der Waals surface area contributed by atoms with Gasteiger partial charge in [0.2, 0.25) is 5.91 Å². The molecule has 0 bridgehead atoms. The maximum atomic E-state index is 12.1. The fourth-order valence-corrected chi connectivity index (χ4v) is 3.09. The summed E-state index contributed by atoms with van der Waals surface area (Å²) >= 11 is 0. The molecule has 0 spiro atoms. The Bertz CT molecular complexity index is 538. The molecule has 0 aliphatic carbocycles. The molecule has 2 heterocycles. The van der Waals surface area contributed by atoms with Gasteiger partial charge in [-0.2, -0.15) is 0 Å². The summed E-state index contributed by atoms with van der Waals surface area (Å²) < 4.78 is 11.5. The number of likely N-dealkylation sites (tertiary alicyclic amines) is 1. The predicted molar refractivity (Wildman–Crippen MR) is 87.9 cm³/mol. The van der Waals surface area contributed by atoms with Crippen LogP contribution in [0, 0.1) is 0 Å². The molecule has 6 nitrogen and oxygen atoms in total. The number of amides is 1. The number of likely N-dealkylation sites (N-methyl/N-ethyl adjacent to an activating group) is 1. The molecular formula is C17H25N3O3. The molecule has 2 atom stereocenters. The van der Waals surface area contributed by atoms with Gasteiger partial charge in [-0.15, -0.1) is 0 Å². The molecule has 6 heteroatoms. The summed E-state index contributed by atoms with van der Waals surface area (Å²) in [7, 11) is 1.98. The van der Waals surface area contributed by atoms with E-state index in [1.165, 1.54) is 6.42 Å². The Kier molecular flexibility index (Phi) is 5.35. The highest BCUT2D eigenvalue weighted by Crippen LogP contribution is 2.30. The number of rotatable bonds is 5. The van der Waals surface area contributed by atoms with Crippen LogP contribution in [0.15, 0.2) is 24.3 Å². The number of nitrogens with zero attached hydrogens (tertiary/aromatic N) is 1. The number of ether oxygens (including phenoxy) is 2. The van der Waals surface area contributed by atoms with Gasteiger partial charge in [0.25, 0.3) is 0 Å². The summed E-state index contributed by atoms with van der Waals surface area (Å²) in [6.07, 6.45) is 2.18. The minimum atomic E-state index is -0.139. The summed E-state index contributed by atoms with van der Waals surface area (Å²) in [6, 6.07) is 8.09. The van der Waals surface area contributed by atoms with Crippen LogP contribution >= 0.6 is 0 Å². The summed E-state index contributed by atoms with van der Waals surface area (Å²) in [6.45, 7) is 3.30. The maximum absolute atomic E-state index is 12.1. The van der Waals surface area contributed by atoms with E-state index in [1.807, 2.05) is 31.3 Å². The number of benzene rings is 1. The first-order valence-electron chi connectivity index (χ1n) is 8.29. The first-order valence-corrected chi connectivity index (χ1v) is 8.29. The highest BCUT2D eigenvalue weighted by Gasteiger charge is 2.23. The largest absolute Gasteiger partial charge is 0.486 e. The van der Waals surface area contributed by atoms with Gasteiger partial charge in [0.1, 0.15) is 12.7 Å². The molecule has 1 aromatic carbocycles. The number of nitrogens with one attached hydrogen (secondary N) is 2. The molecule has 2 aliphatic heterocycles. The minimum absolute atomic E-state index is 0.0456. The van der Waals surface area contributed by atoms with Crippen molar-refractivity contribution in [3.8, 4) is 11.5 Å². The predicted octanol–water partition coefficient (Wildman–Crippen LogP) is 0.626. The van der Waals surface area contributed by atoms with Crippen molar-refractivity contribution in [2.75, 3.05) is 39.8 Å². The van der Waals surface area contributed by atoms with E-state index in [2.05, 4.69) is 15.5 Å². The van der Waals surface area contributed by atoms with Crippen LogP contribution < -0.4 is 20.1 Å². The zero-order valence-corrected chi connectivity index (χ0v) is 13.6. The third-order valence-electron chi connectivity index (χ3n) is 4.38. The normalized spacial score (nSPS) is 24.2. The van der Waals surface area contributed by atoms with E-state index in [0.717, 1.165) is 31.0 Å². The summed E-state index contributed by atoms with van der Waals surface area (Å²) in [5.74, 6) is 1.55. The minimum Gasteiger partial charge on any atom is -0.486 e. The number of hydrogen-bond donors (Lipinski definition) is 2. The number of fused-ring (bicyclic) bond motifs is 1. The molecule has 0 aromatic heterocycles. The molecule has 1 saturated heterocycles. The number of piperidine rings is 1. The Balaban J connectivity index is 1.41. The third-order valence-corrected chi connectivity index (χ3v) is 4.38. The first kappa shape index (κ1) is 16.1. The number of hydrogen-bond acceptors (Lipinski definition) is 5.